The van der Waals surface area contributed by atoms with Crippen molar-refractivity contribution in [3.8, 4) is 0 Å². The van der Waals surface area contributed by atoms with Crippen molar-refractivity contribution < 1.29 is 9.59 Å². The van der Waals surface area contributed by atoms with Gasteiger partial charge in [-0.2, -0.15) is 0 Å². The molecule has 3 nitrogen and oxygen atoms in total. The van der Waals surface area contributed by atoms with Crippen LogP contribution < -0.4 is 5.32 Å². The lowest BCUT2D eigenvalue weighted by Gasteiger charge is -2.14. The number of rotatable bonds is 1. The summed E-state index contributed by atoms with van der Waals surface area (Å²) in [6.45, 7) is 0. The second-order valence-corrected chi connectivity index (χ2v) is 4.49. The highest BCUT2D eigenvalue weighted by atomic mass is 35.5. The molecule has 1 unspecified atom stereocenters. The molecule has 0 spiro atoms. The number of benzene rings is 1. The van der Waals surface area contributed by atoms with Crippen LogP contribution in [0.4, 0.5) is 0 Å². The summed E-state index contributed by atoms with van der Waals surface area (Å²) in [6.07, 6.45) is 1.97. The lowest BCUT2D eigenvalue weighted by atomic mass is 10.0. The number of hydrogen-bond donors (Lipinski definition) is 1. The number of carbonyl (C=O) groups is 2. The molecule has 2 rings (SSSR count). The molecule has 1 N–H and O–H groups in total. The highest BCUT2D eigenvalue weighted by Crippen LogP contribution is 2.16. The first-order valence-electron chi connectivity index (χ1n) is 5.71. The van der Waals surface area contributed by atoms with Crippen LogP contribution >= 0.6 is 11.6 Å². The number of amides is 1. The zero-order chi connectivity index (χ0) is 12.3. The van der Waals surface area contributed by atoms with Gasteiger partial charge in [0, 0.05) is 23.9 Å². The van der Waals surface area contributed by atoms with E-state index in [4.69, 9.17) is 11.6 Å². The van der Waals surface area contributed by atoms with Crippen molar-refractivity contribution in [2.24, 2.45) is 0 Å². The van der Waals surface area contributed by atoms with Gasteiger partial charge in [-0.25, -0.2) is 0 Å². The van der Waals surface area contributed by atoms with Crippen LogP contribution in [0, 0.1) is 0 Å². The van der Waals surface area contributed by atoms with Gasteiger partial charge in [0.2, 0.25) is 0 Å². The fourth-order valence-corrected chi connectivity index (χ4v) is 2.25. The predicted octanol–water partition coefficient (Wildman–Crippen LogP) is 2.39. The topological polar surface area (TPSA) is 46.2 Å². The minimum absolute atomic E-state index is 0.0333. The second kappa shape index (κ2) is 5.32. The number of alkyl halides is 1. The van der Waals surface area contributed by atoms with Crippen LogP contribution in [-0.4, -0.2) is 23.6 Å². The van der Waals surface area contributed by atoms with Gasteiger partial charge in [-0.3, -0.25) is 9.59 Å². The first-order valence-corrected chi connectivity index (χ1v) is 6.25. The first-order chi connectivity index (χ1) is 8.22. The number of fused-ring (bicyclic) bond motifs is 1. The van der Waals surface area contributed by atoms with Crippen molar-refractivity contribution >= 4 is 23.3 Å². The fraction of sp³-hybridized carbons (Fsp3) is 0.385. The van der Waals surface area contributed by atoms with Crippen LogP contribution in [0.1, 0.15) is 40.0 Å². The van der Waals surface area contributed by atoms with E-state index < -0.39 is 0 Å². The summed E-state index contributed by atoms with van der Waals surface area (Å²) in [7, 11) is 0. The molecule has 0 aromatic heterocycles. The molecule has 1 heterocycles. The predicted molar refractivity (Wildman–Crippen MR) is 66.6 cm³/mol. The first kappa shape index (κ1) is 12.1. The number of ketones is 1. The van der Waals surface area contributed by atoms with E-state index >= 15 is 0 Å². The van der Waals surface area contributed by atoms with E-state index in [9.17, 15) is 9.59 Å². The molecule has 0 fully saturated rings. The van der Waals surface area contributed by atoms with E-state index in [1.165, 1.54) is 0 Å². The van der Waals surface area contributed by atoms with Crippen molar-refractivity contribution in [1.82, 2.24) is 5.32 Å². The Morgan fingerprint density at radius 1 is 1.24 bits per heavy atom. The van der Waals surface area contributed by atoms with Gasteiger partial charge in [-0.1, -0.05) is 18.2 Å². The Morgan fingerprint density at radius 2 is 1.94 bits per heavy atom. The van der Waals surface area contributed by atoms with E-state index in [1.54, 1.807) is 24.3 Å². The van der Waals surface area contributed by atoms with Crippen molar-refractivity contribution in [1.29, 1.82) is 0 Å². The molecule has 1 atom stereocenters. The molecule has 4 heteroatoms. The van der Waals surface area contributed by atoms with E-state index in [0.717, 1.165) is 12.8 Å². The average molecular weight is 252 g/mol. The van der Waals surface area contributed by atoms with Gasteiger partial charge in [-0.15, -0.1) is 11.6 Å². The smallest absolute Gasteiger partial charge is 0.252 e. The maximum atomic E-state index is 12.0. The maximum Gasteiger partial charge on any atom is 0.252 e. The molecule has 1 amide bonds. The van der Waals surface area contributed by atoms with Crippen LogP contribution in [-0.2, 0) is 0 Å². The van der Waals surface area contributed by atoms with Gasteiger partial charge in [-0.05, 0) is 18.9 Å². The number of Topliss-reactive ketones (excluding diaryl/α,β-unsaturated/α-hetero) is 1. The van der Waals surface area contributed by atoms with E-state index in [-0.39, 0.29) is 17.7 Å². The SMILES string of the molecule is O=C1CCCC(CCl)NC(=O)c2ccccc21. The van der Waals surface area contributed by atoms with Gasteiger partial charge < -0.3 is 5.32 Å². The number of hydrogen-bond acceptors (Lipinski definition) is 2. The molecule has 1 aromatic rings. The summed E-state index contributed by atoms with van der Waals surface area (Å²) in [6, 6.07) is 6.88. The molecule has 17 heavy (non-hydrogen) atoms. The summed E-state index contributed by atoms with van der Waals surface area (Å²) < 4.78 is 0. The van der Waals surface area contributed by atoms with Crippen LogP contribution in [0.25, 0.3) is 0 Å². The summed E-state index contributed by atoms with van der Waals surface area (Å²) in [5, 5.41) is 2.86. The monoisotopic (exact) mass is 251 g/mol. The number of halogens is 1. The Hall–Kier alpha value is -1.35. The minimum atomic E-state index is -0.207. The molecular weight excluding hydrogens is 238 g/mol. The molecule has 0 saturated heterocycles. The highest BCUT2D eigenvalue weighted by molar-refractivity contribution is 6.18. The Balaban J connectivity index is 2.37. The third-order valence-electron chi connectivity index (χ3n) is 2.95. The summed E-state index contributed by atoms with van der Waals surface area (Å²) in [5.41, 5.74) is 0.967. The van der Waals surface area contributed by atoms with Crippen molar-refractivity contribution in [3.63, 3.8) is 0 Å². The molecule has 1 aliphatic heterocycles. The zero-order valence-electron chi connectivity index (χ0n) is 9.41. The zero-order valence-corrected chi connectivity index (χ0v) is 10.2. The van der Waals surface area contributed by atoms with Crippen molar-refractivity contribution in [2.75, 3.05) is 5.88 Å². The maximum absolute atomic E-state index is 12.0. The van der Waals surface area contributed by atoms with Crippen molar-refractivity contribution in [3.05, 3.63) is 35.4 Å². The fourth-order valence-electron chi connectivity index (χ4n) is 2.02. The van der Waals surface area contributed by atoms with E-state index in [1.807, 2.05) is 0 Å². The summed E-state index contributed by atoms with van der Waals surface area (Å²) >= 11 is 5.79. The highest BCUT2D eigenvalue weighted by Gasteiger charge is 2.21. The molecule has 0 radical (unpaired) electrons. The standard InChI is InChI=1S/C13H14ClNO2/c14-8-9-4-3-7-12(16)10-5-1-2-6-11(10)13(17)15-9/h1-2,5-6,9H,3-4,7-8H2,(H,15,17). The third-order valence-corrected chi connectivity index (χ3v) is 3.32. The number of carbonyl (C=O) groups excluding carboxylic acids is 2. The van der Waals surface area contributed by atoms with Gasteiger partial charge in [0.1, 0.15) is 0 Å². The average Bonchev–Trinajstić information content (AvgIpc) is 2.41. The largest absolute Gasteiger partial charge is 0.348 e. The minimum Gasteiger partial charge on any atom is -0.348 e. The van der Waals surface area contributed by atoms with Crippen LogP contribution in [0.5, 0.6) is 0 Å². The van der Waals surface area contributed by atoms with Gasteiger partial charge in [0.05, 0.1) is 5.56 Å². The van der Waals surface area contributed by atoms with Crippen LogP contribution in [0.3, 0.4) is 0 Å². The molecule has 1 aliphatic rings. The number of nitrogens with one attached hydrogen (secondary N) is 1. The molecule has 0 aliphatic carbocycles. The summed E-state index contributed by atoms with van der Waals surface area (Å²) in [4.78, 5) is 23.9. The second-order valence-electron chi connectivity index (χ2n) is 4.19. The summed E-state index contributed by atoms with van der Waals surface area (Å²) in [5.74, 6) is 0.203. The molecule has 0 bridgehead atoms. The van der Waals surface area contributed by atoms with Crippen LogP contribution in [0.2, 0.25) is 0 Å². The van der Waals surface area contributed by atoms with E-state index in [2.05, 4.69) is 5.32 Å². The van der Waals surface area contributed by atoms with Crippen molar-refractivity contribution in [2.45, 2.75) is 25.3 Å². The lowest BCUT2D eigenvalue weighted by Crippen LogP contribution is -2.36. The van der Waals surface area contributed by atoms with Crippen LogP contribution in [0.15, 0.2) is 24.3 Å². The molecule has 1 aromatic carbocycles. The quantitative estimate of drug-likeness (QED) is 0.779. The van der Waals surface area contributed by atoms with Gasteiger partial charge >= 0.3 is 0 Å². The molecule has 90 valence electrons. The van der Waals surface area contributed by atoms with Gasteiger partial charge in [0.15, 0.2) is 5.78 Å². The Morgan fingerprint density at radius 3 is 2.65 bits per heavy atom. The normalized spacial score (nSPS) is 20.9. The third kappa shape index (κ3) is 2.67. The Labute approximate surface area is 105 Å². The Bertz CT molecular complexity index is 445. The Kier molecular flexibility index (Phi) is 3.79. The molecular formula is C13H14ClNO2. The lowest BCUT2D eigenvalue weighted by molar-refractivity contribution is 0.0930. The van der Waals surface area contributed by atoms with E-state index in [0.29, 0.717) is 23.4 Å². The van der Waals surface area contributed by atoms with Gasteiger partial charge in [0.25, 0.3) is 5.91 Å². The molecule has 0 saturated carbocycles.